The minimum absolute atomic E-state index is 0.143. The molecule has 0 radical (unpaired) electrons. The molecule has 0 amide bonds. The molecule has 3 aromatic carbocycles. The molecule has 0 saturated carbocycles. The molecule has 2 heterocycles. The van der Waals surface area contributed by atoms with E-state index in [2.05, 4.69) is 90.2 Å². The van der Waals surface area contributed by atoms with Crippen molar-refractivity contribution in [2.24, 2.45) is 0 Å². The average Bonchev–Trinajstić information content (AvgIpc) is 2.98. The number of aromatic nitrogens is 1. The molecule has 1 aromatic heterocycles. The summed E-state index contributed by atoms with van der Waals surface area (Å²) in [4.78, 5) is 3.45. The summed E-state index contributed by atoms with van der Waals surface area (Å²) in [5.41, 5.74) is 8.81. The molecule has 24 heavy (non-hydrogen) atoms. The Bertz CT molecular complexity index is 1040. The lowest BCUT2D eigenvalue weighted by atomic mass is 9.95. The van der Waals surface area contributed by atoms with Gasteiger partial charge in [-0.2, -0.15) is 0 Å². The van der Waals surface area contributed by atoms with Crippen LogP contribution in [0, 0.1) is 6.92 Å². The SMILES string of the molecule is Cc1ccc(C2Nc3ccccc3-c3cccc4[nH]cc2c34)cc1. The van der Waals surface area contributed by atoms with Crippen molar-refractivity contribution in [1.82, 2.24) is 4.98 Å². The summed E-state index contributed by atoms with van der Waals surface area (Å²) in [5, 5.41) is 5.09. The van der Waals surface area contributed by atoms with E-state index in [1.54, 1.807) is 0 Å². The van der Waals surface area contributed by atoms with Crippen LogP contribution in [0.3, 0.4) is 0 Å². The number of nitrogens with one attached hydrogen (secondary N) is 2. The number of aryl methyl sites for hydroxylation is 1. The van der Waals surface area contributed by atoms with Crippen LogP contribution in [0.25, 0.3) is 22.0 Å². The van der Waals surface area contributed by atoms with E-state index in [9.17, 15) is 0 Å². The molecule has 2 nitrogen and oxygen atoms in total. The number of fused-ring (bicyclic) bond motifs is 2. The van der Waals surface area contributed by atoms with Crippen molar-refractivity contribution in [3.8, 4) is 11.1 Å². The van der Waals surface area contributed by atoms with E-state index in [4.69, 9.17) is 0 Å². The smallest absolute Gasteiger partial charge is 0.0788 e. The van der Waals surface area contributed by atoms with Crippen LogP contribution >= 0.6 is 0 Å². The van der Waals surface area contributed by atoms with Crippen molar-refractivity contribution in [2.45, 2.75) is 13.0 Å². The number of para-hydroxylation sites is 1. The Balaban J connectivity index is 1.83. The lowest BCUT2D eigenvalue weighted by molar-refractivity contribution is 0.952. The molecule has 1 atom stereocenters. The maximum Gasteiger partial charge on any atom is 0.0788 e. The van der Waals surface area contributed by atoms with Crippen molar-refractivity contribution in [3.05, 3.63) is 89.6 Å². The Labute approximate surface area is 141 Å². The van der Waals surface area contributed by atoms with Crippen molar-refractivity contribution in [1.29, 1.82) is 0 Å². The van der Waals surface area contributed by atoms with Crippen molar-refractivity contribution in [2.75, 3.05) is 5.32 Å². The standard InChI is InChI=1S/C22H18N2/c1-14-9-11-15(12-10-14)22-18-13-23-20-8-4-6-17(21(18)20)16-5-2-3-7-19(16)24-22/h2-13,22-24H,1H3. The highest BCUT2D eigenvalue weighted by Gasteiger charge is 2.24. The quantitative estimate of drug-likeness (QED) is 0.466. The molecule has 1 aliphatic heterocycles. The molecular weight excluding hydrogens is 292 g/mol. The summed E-state index contributed by atoms with van der Waals surface area (Å²) in [6.07, 6.45) is 2.15. The van der Waals surface area contributed by atoms with E-state index in [0.717, 1.165) is 0 Å². The first kappa shape index (κ1) is 13.4. The van der Waals surface area contributed by atoms with Crippen molar-refractivity contribution < 1.29 is 0 Å². The van der Waals surface area contributed by atoms with E-state index in [1.807, 2.05) is 0 Å². The predicted octanol–water partition coefficient (Wildman–Crippen LogP) is 5.66. The number of hydrogen-bond donors (Lipinski definition) is 2. The fourth-order valence-electron chi connectivity index (χ4n) is 3.76. The number of anilines is 1. The van der Waals surface area contributed by atoms with Gasteiger partial charge in [0.25, 0.3) is 0 Å². The Hall–Kier alpha value is -3.00. The topological polar surface area (TPSA) is 27.8 Å². The number of aromatic amines is 1. The van der Waals surface area contributed by atoms with Gasteiger partial charge in [0.2, 0.25) is 0 Å². The zero-order chi connectivity index (χ0) is 16.1. The molecule has 1 aliphatic rings. The van der Waals surface area contributed by atoms with Gasteiger partial charge in [-0.15, -0.1) is 0 Å². The molecule has 2 heteroatoms. The Morgan fingerprint density at radius 1 is 0.792 bits per heavy atom. The first-order valence-corrected chi connectivity index (χ1v) is 8.34. The summed E-state index contributed by atoms with van der Waals surface area (Å²) >= 11 is 0. The van der Waals surface area contributed by atoms with Crippen molar-refractivity contribution in [3.63, 3.8) is 0 Å². The van der Waals surface area contributed by atoms with Crippen LogP contribution < -0.4 is 5.32 Å². The van der Waals surface area contributed by atoms with Gasteiger partial charge < -0.3 is 10.3 Å². The molecule has 0 spiro atoms. The molecule has 4 aromatic rings. The molecule has 0 aliphatic carbocycles. The highest BCUT2D eigenvalue weighted by atomic mass is 14.9. The zero-order valence-corrected chi connectivity index (χ0v) is 13.5. The van der Waals surface area contributed by atoms with Gasteiger partial charge in [-0.3, -0.25) is 0 Å². The van der Waals surface area contributed by atoms with Crippen LogP contribution in [-0.4, -0.2) is 4.98 Å². The largest absolute Gasteiger partial charge is 0.374 e. The molecule has 0 fully saturated rings. The highest BCUT2D eigenvalue weighted by molar-refractivity contribution is 6.02. The van der Waals surface area contributed by atoms with Crippen LogP contribution in [-0.2, 0) is 0 Å². The van der Waals surface area contributed by atoms with E-state index in [1.165, 1.54) is 44.4 Å². The third-order valence-corrected chi connectivity index (χ3v) is 4.98. The van der Waals surface area contributed by atoms with Gasteiger partial charge in [-0.25, -0.2) is 0 Å². The minimum atomic E-state index is 0.143. The third-order valence-electron chi connectivity index (χ3n) is 4.98. The molecular formula is C22H18N2. The number of rotatable bonds is 1. The van der Waals surface area contributed by atoms with Gasteiger partial charge in [0.15, 0.2) is 0 Å². The van der Waals surface area contributed by atoms with E-state index in [-0.39, 0.29) is 6.04 Å². The first-order chi connectivity index (χ1) is 11.8. The zero-order valence-electron chi connectivity index (χ0n) is 13.5. The number of benzene rings is 3. The minimum Gasteiger partial charge on any atom is -0.374 e. The van der Waals surface area contributed by atoms with Crippen LogP contribution in [0.15, 0.2) is 72.9 Å². The van der Waals surface area contributed by atoms with Crippen LogP contribution in [0.4, 0.5) is 5.69 Å². The van der Waals surface area contributed by atoms with Crippen LogP contribution in [0.1, 0.15) is 22.7 Å². The molecule has 2 N–H and O–H groups in total. The van der Waals surface area contributed by atoms with Crippen LogP contribution in [0.5, 0.6) is 0 Å². The number of H-pyrrole nitrogens is 1. The maximum absolute atomic E-state index is 3.77. The van der Waals surface area contributed by atoms with Gasteiger partial charge in [-0.05, 0) is 30.2 Å². The summed E-state index contributed by atoms with van der Waals surface area (Å²) in [5.74, 6) is 0. The average molecular weight is 310 g/mol. The molecule has 0 bridgehead atoms. The van der Waals surface area contributed by atoms with Gasteiger partial charge in [0, 0.05) is 33.9 Å². The summed E-state index contributed by atoms with van der Waals surface area (Å²) < 4.78 is 0. The summed E-state index contributed by atoms with van der Waals surface area (Å²) in [7, 11) is 0. The molecule has 5 rings (SSSR count). The monoisotopic (exact) mass is 310 g/mol. The lowest BCUT2D eigenvalue weighted by Gasteiger charge is -2.19. The normalized spacial score (nSPS) is 15.6. The molecule has 1 unspecified atom stereocenters. The Morgan fingerprint density at radius 3 is 2.46 bits per heavy atom. The van der Waals surface area contributed by atoms with Gasteiger partial charge in [-0.1, -0.05) is 60.2 Å². The van der Waals surface area contributed by atoms with Gasteiger partial charge in [0.1, 0.15) is 0 Å². The summed E-state index contributed by atoms with van der Waals surface area (Å²) in [6, 6.07) is 24.0. The van der Waals surface area contributed by atoms with Crippen molar-refractivity contribution >= 4 is 16.6 Å². The fraction of sp³-hybridized carbons (Fsp3) is 0.0909. The lowest BCUT2D eigenvalue weighted by Crippen LogP contribution is -2.11. The predicted molar refractivity (Wildman–Crippen MR) is 100 cm³/mol. The second-order valence-corrected chi connectivity index (χ2v) is 6.51. The summed E-state index contributed by atoms with van der Waals surface area (Å²) in [6.45, 7) is 2.13. The van der Waals surface area contributed by atoms with Gasteiger partial charge in [0.05, 0.1) is 6.04 Å². The highest BCUT2D eigenvalue weighted by Crippen LogP contribution is 2.43. The van der Waals surface area contributed by atoms with Crippen LogP contribution in [0.2, 0.25) is 0 Å². The Kier molecular flexibility index (Phi) is 2.80. The molecule has 116 valence electrons. The van der Waals surface area contributed by atoms with Gasteiger partial charge >= 0.3 is 0 Å². The third kappa shape index (κ3) is 1.89. The second-order valence-electron chi connectivity index (χ2n) is 6.51. The fourth-order valence-corrected chi connectivity index (χ4v) is 3.76. The van der Waals surface area contributed by atoms with E-state index in [0.29, 0.717) is 0 Å². The maximum atomic E-state index is 3.77. The Morgan fingerprint density at radius 2 is 1.58 bits per heavy atom. The molecule has 0 saturated heterocycles. The number of hydrogen-bond acceptors (Lipinski definition) is 1. The van der Waals surface area contributed by atoms with E-state index >= 15 is 0 Å². The second kappa shape index (κ2) is 5.00. The van der Waals surface area contributed by atoms with E-state index < -0.39 is 0 Å². The first-order valence-electron chi connectivity index (χ1n) is 8.34.